The van der Waals surface area contributed by atoms with E-state index in [-0.39, 0.29) is 17.7 Å². The van der Waals surface area contributed by atoms with E-state index in [2.05, 4.69) is 5.32 Å². The van der Waals surface area contributed by atoms with Crippen LogP contribution < -0.4 is 10.1 Å². The molecule has 4 heteroatoms. The van der Waals surface area contributed by atoms with Crippen LogP contribution in [-0.2, 0) is 0 Å². The second-order valence-electron chi connectivity index (χ2n) is 4.36. The SMILES string of the molecule is COc1ccc(C(=O)N[C@@H](C)C(C)C)cc1F. The van der Waals surface area contributed by atoms with Crippen LogP contribution in [-0.4, -0.2) is 19.1 Å². The molecule has 1 rings (SSSR count). The minimum Gasteiger partial charge on any atom is -0.494 e. The number of ether oxygens (including phenoxy) is 1. The van der Waals surface area contributed by atoms with Crippen molar-refractivity contribution in [1.29, 1.82) is 0 Å². The van der Waals surface area contributed by atoms with Gasteiger partial charge in [0.25, 0.3) is 5.91 Å². The summed E-state index contributed by atoms with van der Waals surface area (Å²) in [5.74, 6) is -0.328. The van der Waals surface area contributed by atoms with Crippen molar-refractivity contribution in [2.24, 2.45) is 5.92 Å². The first kappa shape index (κ1) is 13.5. The molecule has 1 amide bonds. The van der Waals surface area contributed by atoms with Gasteiger partial charge in [-0.05, 0) is 31.0 Å². The Morgan fingerprint density at radius 1 is 1.35 bits per heavy atom. The van der Waals surface area contributed by atoms with Gasteiger partial charge in [0, 0.05) is 11.6 Å². The zero-order valence-corrected chi connectivity index (χ0v) is 10.6. The van der Waals surface area contributed by atoms with E-state index in [0.29, 0.717) is 11.5 Å². The maximum absolute atomic E-state index is 13.4. The number of benzene rings is 1. The molecule has 0 aliphatic carbocycles. The predicted octanol–water partition coefficient (Wildman–Crippen LogP) is 2.61. The Kier molecular flexibility index (Phi) is 4.49. The van der Waals surface area contributed by atoms with Gasteiger partial charge in [0.1, 0.15) is 0 Å². The molecule has 0 spiro atoms. The summed E-state index contributed by atoms with van der Waals surface area (Å²) in [7, 11) is 1.39. The monoisotopic (exact) mass is 239 g/mol. The molecule has 0 aromatic heterocycles. The van der Waals surface area contributed by atoms with Gasteiger partial charge in [0.2, 0.25) is 0 Å². The van der Waals surface area contributed by atoms with Gasteiger partial charge in [0.05, 0.1) is 7.11 Å². The van der Waals surface area contributed by atoms with Crippen LogP contribution in [0.4, 0.5) is 4.39 Å². The summed E-state index contributed by atoms with van der Waals surface area (Å²) in [6, 6.07) is 4.23. The molecule has 0 heterocycles. The second kappa shape index (κ2) is 5.66. The van der Waals surface area contributed by atoms with Gasteiger partial charge in [-0.25, -0.2) is 4.39 Å². The molecule has 17 heavy (non-hydrogen) atoms. The molecule has 94 valence electrons. The molecule has 0 fully saturated rings. The summed E-state index contributed by atoms with van der Waals surface area (Å²) >= 11 is 0. The van der Waals surface area contributed by atoms with E-state index in [4.69, 9.17) is 4.74 Å². The highest BCUT2D eigenvalue weighted by Gasteiger charge is 2.14. The number of hydrogen-bond donors (Lipinski definition) is 1. The lowest BCUT2D eigenvalue weighted by Gasteiger charge is -2.17. The Labute approximate surface area is 101 Å². The fraction of sp³-hybridized carbons (Fsp3) is 0.462. The number of halogens is 1. The standard InChI is InChI=1S/C13H18FNO2/c1-8(2)9(3)15-13(16)10-5-6-12(17-4)11(14)7-10/h5-9H,1-4H3,(H,15,16)/t9-/m0/s1. The van der Waals surface area contributed by atoms with Crippen LogP contribution in [0.15, 0.2) is 18.2 Å². The van der Waals surface area contributed by atoms with Crippen molar-refractivity contribution >= 4 is 5.91 Å². The zero-order chi connectivity index (χ0) is 13.0. The summed E-state index contributed by atoms with van der Waals surface area (Å²) in [6.07, 6.45) is 0. The van der Waals surface area contributed by atoms with E-state index >= 15 is 0 Å². The highest BCUT2D eigenvalue weighted by atomic mass is 19.1. The molecular weight excluding hydrogens is 221 g/mol. The lowest BCUT2D eigenvalue weighted by molar-refractivity contribution is 0.0930. The van der Waals surface area contributed by atoms with Crippen LogP contribution in [0.5, 0.6) is 5.75 Å². The quantitative estimate of drug-likeness (QED) is 0.877. The van der Waals surface area contributed by atoms with Gasteiger partial charge in [-0.15, -0.1) is 0 Å². The largest absolute Gasteiger partial charge is 0.494 e. The van der Waals surface area contributed by atoms with E-state index in [9.17, 15) is 9.18 Å². The van der Waals surface area contributed by atoms with Gasteiger partial charge in [0.15, 0.2) is 11.6 Å². The maximum atomic E-state index is 13.4. The molecule has 1 aromatic rings. The summed E-state index contributed by atoms with van der Waals surface area (Å²) in [6.45, 7) is 5.95. The van der Waals surface area contributed by atoms with Gasteiger partial charge in [-0.1, -0.05) is 13.8 Å². The number of hydrogen-bond acceptors (Lipinski definition) is 2. The van der Waals surface area contributed by atoms with Gasteiger partial charge >= 0.3 is 0 Å². The van der Waals surface area contributed by atoms with Gasteiger partial charge < -0.3 is 10.1 Å². The van der Waals surface area contributed by atoms with Crippen LogP contribution in [0.25, 0.3) is 0 Å². The average Bonchev–Trinajstić information content (AvgIpc) is 2.28. The third kappa shape index (κ3) is 3.44. The Balaban J connectivity index is 2.80. The van der Waals surface area contributed by atoms with E-state index in [1.807, 2.05) is 20.8 Å². The molecule has 0 saturated heterocycles. The van der Waals surface area contributed by atoms with E-state index in [1.54, 1.807) is 6.07 Å². The highest BCUT2D eigenvalue weighted by molar-refractivity contribution is 5.94. The lowest BCUT2D eigenvalue weighted by Crippen LogP contribution is -2.36. The molecule has 0 aliphatic heterocycles. The first-order valence-electron chi connectivity index (χ1n) is 5.60. The van der Waals surface area contributed by atoms with Crippen LogP contribution in [0.3, 0.4) is 0 Å². The van der Waals surface area contributed by atoms with Crippen molar-refractivity contribution in [2.45, 2.75) is 26.8 Å². The smallest absolute Gasteiger partial charge is 0.251 e. The predicted molar refractivity (Wildman–Crippen MR) is 64.7 cm³/mol. The summed E-state index contributed by atoms with van der Waals surface area (Å²) < 4.78 is 18.2. The Bertz CT molecular complexity index is 404. The van der Waals surface area contributed by atoms with Crippen LogP contribution in [0, 0.1) is 11.7 Å². The van der Waals surface area contributed by atoms with Crippen molar-refractivity contribution in [1.82, 2.24) is 5.32 Å². The Morgan fingerprint density at radius 3 is 2.47 bits per heavy atom. The number of amides is 1. The zero-order valence-electron chi connectivity index (χ0n) is 10.6. The van der Waals surface area contributed by atoms with Crippen molar-refractivity contribution in [3.8, 4) is 5.75 Å². The Hall–Kier alpha value is -1.58. The van der Waals surface area contributed by atoms with Crippen molar-refractivity contribution in [3.05, 3.63) is 29.6 Å². The number of carbonyl (C=O) groups is 1. The first-order chi connectivity index (χ1) is 7.95. The maximum Gasteiger partial charge on any atom is 0.251 e. The summed E-state index contributed by atoms with van der Waals surface area (Å²) in [5.41, 5.74) is 0.302. The molecule has 0 unspecified atom stereocenters. The normalized spacial score (nSPS) is 12.4. The second-order valence-corrected chi connectivity index (χ2v) is 4.36. The number of methoxy groups -OCH3 is 1. The number of rotatable bonds is 4. The minimum absolute atomic E-state index is 0.0488. The summed E-state index contributed by atoms with van der Waals surface area (Å²) in [5, 5.41) is 2.81. The lowest BCUT2D eigenvalue weighted by atomic mass is 10.1. The van der Waals surface area contributed by atoms with Crippen LogP contribution in [0.2, 0.25) is 0 Å². The average molecular weight is 239 g/mol. The molecule has 0 radical (unpaired) electrons. The van der Waals surface area contributed by atoms with E-state index in [1.165, 1.54) is 19.2 Å². The third-order valence-electron chi connectivity index (χ3n) is 2.77. The molecule has 0 aliphatic rings. The van der Waals surface area contributed by atoms with Crippen molar-refractivity contribution in [2.75, 3.05) is 7.11 Å². The summed E-state index contributed by atoms with van der Waals surface area (Å²) in [4.78, 5) is 11.8. The van der Waals surface area contributed by atoms with Gasteiger partial charge in [-0.2, -0.15) is 0 Å². The molecule has 1 aromatic carbocycles. The molecule has 1 atom stereocenters. The third-order valence-corrected chi connectivity index (χ3v) is 2.77. The van der Waals surface area contributed by atoms with E-state index < -0.39 is 5.82 Å². The van der Waals surface area contributed by atoms with Crippen molar-refractivity contribution in [3.63, 3.8) is 0 Å². The van der Waals surface area contributed by atoms with Crippen LogP contribution in [0.1, 0.15) is 31.1 Å². The molecule has 0 bridgehead atoms. The van der Waals surface area contributed by atoms with Gasteiger partial charge in [-0.3, -0.25) is 4.79 Å². The first-order valence-corrected chi connectivity index (χ1v) is 5.60. The fourth-order valence-corrected chi connectivity index (χ4v) is 1.26. The highest BCUT2D eigenvalue weighted by Crippen LogP contribution is 2.17. The fourth-order valence-electron chi connectivity index (χ4n) is 1.26. The van der Waals surface area contributed by atoms with E-state index in [0.717, 1.165) is 0 Å². The van der Waals surface area contributed by atoms with Crippen molar-refractivity contribution < 1.29 is 13.9 Å². The topological polar surface area (TPSA) is 38.3 Å². The molecule has 3 nitrogen and oxygen atoms in total. The Morgan fingerprint density at radius 2 is 2.00 bits per heavy atom. The number of nitrogens with one attached hydrogen (secondary N) is 1. The molecule has 1 N–H and O–H groups in total. The molecule has 0 saturated carbocycles. The van der Waals surface area contributed by atoms with Crippen LogP contribution >= 0.6 is 0 Å². The minimum atomic E-state index is -0.530. The number of carbonyl (C=O) groups excluding carboxylic acids is 1. The molecular formula is C13H18FNO2.